The van der Waals surface area contributed by atoms with Gasteiger partial charge in [-0.2, -0.15) is 0 Å². The van der Waals surface area contributed by atoms with Gasteiger partial charge in [-0.15, -0.1) is 6.58 Å². The van der Waals surface area contributed by atoms with Crippen molar-refractivity contribution in [2.75, 3.05) is 25.0 Å². The Hall–Kier alpha value is -1.84. The molecule has 1 N–H and O–H groups in total. The molecule has 0 saturated carbocycles. The summed E-state index contributed by atoms with van der Waals surface area (Å²) >= 11 is 0. The summed E-state index contributed by atoms with van der Waals surface area (Å²) in [4.78, 5) is 18.5. The molecule has 1 aromatic heterocycles. The van der Waals surface area contributed by atoms with Crippen LogP contribution in [0.4, 0.5) is 5.69 Å². The third-order valence-corrected chi connectivity index (χ3v) is 3.33. The highest BCUT2D eigenvalue weighted by Gasteiger charge is 2.17. The molecule has 0 unspecified atom stereocenters. The highest BCUT2D eigenvalue weighted by Crippen LogP contribution is 2.13. The van der Waals surface area contributed by atoms with Gasteiger partial charge < -0.3 is 10.2 Å². The van der Waals surface area contributed by atoms with Crippen LogP contribution in [0.1, 0.15) is 36.2 Å². The number of hydrogen-bond donors (Lipinski definition) is 1. The van der Waals surface area contributed by atoms with E-state index >= 15 is 0 Å². The molecule has 2 rings (SSSR count). The molecule has 0 bridgehead atoms. The number of rotatable bonds is 4. The standard InChI is InChI=1S/C15H21N3O/c1-2-9-16-13-7-8-14(17-12-13)15(19)18-10-5-3-4-6-11-18/h2,7-8,12,16H,1,3-6,9-11H2. The summed E-state index contributed by atoms with van der Waals surface area (Å²) in [7, 11) is 0. The molecule has 0 aliphatic carbocycles. The second-order valence-electron chi connectivity index (χ2n) is 4.81. The van der Waals surface area contributed by atoms with E-state index < -0.39 is 0 Å². The van der Waals surface area contributed by atoms with Gasteiger partial charge in [0.15, 0.2) is 0 Å². The third kappa shape index (κ3) is 3.81. The van der Waals surface area contributed by atoms with Gasteiger partial charge in [-0.3, -0.25) is 4.79 Å². The molecule has 102 valence electrons. The van der Waals surface area contributed by atoms with E-state index in [4.69, 9.17) is 0 Å². The lowest BCUT2D eigenvalue weighted by atomic mass is 10.2. The Kier molecular flexibility index (Phi) is 4.95. The van der Waals surface area contributed by atoms with Crippen LogP contribution in [-0.4, -0.2) is 35.4 Å². The number of aromatic nitrogens is 1. The molecule has 1 aliphatic rings. The Morgan fingerprint density at radius 2 is 2.05 bits per heavy atom. The summed E-state index contributed by atoms with van der Waals surface area (Å²) < 4.78 is 0. The van der Waals surface area contributed by atoms with Crippen LogP contribution in [-0.2, 0) is 0 Å². The lowest BCUT2D eigenvalue weighted by Gasteiger charge is -2.19. The Balaban J connectivity index is 1.99. The first-order chi connectivity index (χ1) is 9.31. The molecule has 1 fully saturated rings. The van der Waals surface area contributed by atoms with Crippen LogP contribution in [0.2, 0.25) is 0 Å². The molecule has 1 aromatic rings. The predicted octanol–water partition coefficient (Wildman–Crippen LogP) is 2.70. The van der Waals surface area contributed by atoms with Crippen molar-refractivity contribution in [3.05, 3.63) is 36.7 Å². The van der Waals surface area contributed by atoms with E-state index in [1.807, 2.05) is 11.0 Å². The number of pyridine rings is 1. The van der Waals surface area contributed by atoms with Crippen LogP contribution >= 0.6 is 0 Å². The van der Waals surface area contributed by atoms with Crippen molar-refractivity contribution in [2.24, 2.45) is 0 Å². The van der Waals surface area contributed by atoms with Gasteiger partial charge in [0.25, 0.3) is 5.91 Å². The van der Waals surface area contributed by atoms with Crippen LogP contribution in [0.5, 0.6) is 0 Å². The van der Waals surface area contributed by atoms with Crippen LogP contribution in [0.3, 0.4) is 0 Å². The Bertz CT molecular complexity index is 420. The minimum absolute atomic E-state index is 0.0529. The van der Waals surface area contributed by atoms with E-state index in [2.05, 4.69) is 16.9 Å². The van der Waals surface area contributed by atoms with Gasteiger partial charge in [-0.25, -0.2) is 4.98 Å². The van der Waals surface area contributed by atoms with Crippen molar-refractivity contribution in [3.8, 4) is 0 Å². The van der Waals surface area contributed by atoms with Crippen LogP contribution < -0.4 is 5.32 Å². The summed E-state index contributed by atoms with van der Waals surface area (Å²) in [5, 5.41) is 3.14. The summed E-state index contributed by atoms with van der Waals surface area (Å²) in [6.45, 7) is 6.06. The molecule has 2 heterocycles. The molecule has 0 aromatic carbocycles. The van der Waals surface area contributed by atoms with Crippen molar-refractivity contribution < 1.29 is 4.79 Å². The predicted molar refractivity (Wildman–Crippen MR) is 77.3 cm³/mol. The minimum Gasteiger partial charge on any atom is -0.380 e. The summed E-state index contributed by atoms with van der Waals surface area (Å²) in [6.07, 6.45) is 8.14. The first-order valence-corrected chi connectivity index (χ1v) is 6.91. The fraction of sp³-hybridized carbons (Fsp3) is 0.467. The van der Waals surface area contributed by atoms with Crippen LogP contribution in [0.25, 0.3) is 0 Å². The minimum atomic E-state index is 0.0529. The monoisotopic (exact) mass is 259 g/mol. The van der Waals surface area contributed by atoms with Gasteiger partial charge in [-0.05, 0) is 25.0 Å². The second kappa shape index (κ2) is 6.92. The summed E-state index contributed by atoms with van der Waals surface area (Å²) in [6, 6.07) is 3.68. The van der Waals surface area contributed by atoms with E-state index in [0.717, 1.165) is 31.6 Å². The number of carbonyl (C=O) groups is 1. The fourth-order valence-corrected chi connectivity index (χ4v) is 2.25. The largest absolute Gasteiger partial charge is 0.380 e. The molecule has 4 nitrogen and oxygen atoms in total. The average Bonchev–Trinajstić information content (AvgIpc) is 2.74. The number of hydrogen-bond acceptors (Lipinski definition) is 3. The fourth-order valence-electron chi connectivity index (χ4n) is 2.25. The Morgan fingerprint density at radius 1 is 1.32 bits per heavy atom. The molecule has 4 heteroatoms. The van der Waals surface area contributed by atoms with E-state index in [9.17, 15) is 4.79 Å². The van der Waals surface area contributed by atoms with Gasteiger partial charge in [-0.1, -0.05) is 18.9 Å². The molecule has 1 amide bonds. The Labute approximate surface area is 114 Å². The molecule has 0 atom stereocenters. The molecular weight excluding hydrogens is 238 g/mol. The molecule has 0 spiro atoms. The molecule has 1 saturated heterocycles. The lowest BCUT2D eigenvalue weighted by molar-refractivity contribution is 0.0756. The maximum absolute atomic E-state index is 12.3. The van der Waals surface area contributed by atoms with E-state index in [1.165, 1.54) is 12.8 Å². The zero-order chi connectivity index (χ0) is 13.5. The van der Waals surface area contributed by atoms with Crippen molar-refractivity contribution in [3.63, 3.8) is 0 Å². The van der Waals surface area contributed by atoms with Gasteiger partial charge >= 0.3 is 0 Å². The quantitative estimate of drug-likeness (QED) is 0.846. The van der Waals surface area contributed by atoms with Gasteiger partial charge in [0, 0.05) is 19.6 Å². The maximum Gasteiger partial charge on any atom is 0.272 e. The van der Waals surface area contributed by atoms with E-state index in [-0.39, 0.29) is 5.91 Å². The highest BCUT2D eigenvalue weighted by molar-refractivity contribution is 5.92. The summed E-state index contributed by atoms with van der Waals surface area (Å²) in [5.74, 6) is 0.0529. The van der Waals surface area contributed by atoms with Crippen molar-refractivity contribution in [1.29, 1.82) is 0 Å². The molecule has 19 heavy (non-hydrogen) atoms. The smallest absolute Gasteiger partial charge is 0.272 e. The first kappa shape index (κ1) is 13.6. The third-order valence-electron chi connectivity index (χ3n) is 3.33. The molecule has 1 aliphatic heterocycles. The van der Waals surface area contributed by atoms with E-state index in [0.29, 0.717) is 12.2 Å². The number of anilines is 1. The SMILES string of the molecule is C=CCNc1ccc(C(=O)N2CCCCCC2)nc1. The number of nitrogens with one attached hydrogen (secondary N) is 1. The Morgan fingerprint density at radius 3 is 2.63 bits per heavy atom. The normalized spacial score (nSPS) is 15.7. The van der Waals surface area contributed by atoms with Crippen molar-refractivity contribution >= 4 is 11.6 Å². The maximum atomic E-state index is 12.3. The van der Waals surface area contributed by atoms with Gasteiger partial charge in [0.2, 0.25) is 0 Å². The average molecular weight is 259 g/mol. The lowest BCUT2D eigenvalue weighted by Crippen LogP contribution is -2.32. The zero-order valence-corrected chi connectivity index (χ0v) is 11.3. The topological polar surface area (TPSA) is 45.2 Å². The summed E-state index contributed by atoms with van der Waals surface area (Å²) in [5.41, 5.74) is 1.44. The van der Waals surface area contributed by atoms with Crippen molar-refractivity contribution in [1.82, 2.24) is 9.88 Å². The van der Waals surface area contributed by atoms with Gasteiger partial charge in [0.05, 0.1) is 11.9 Å². The number of likely N-dealkylation sites (tertiary alicyclic amines) is 1. The van der Waals surface area contributed by atoms with Crippen LogP contribution in [0, 0.1) is 0 Å². The number of nitrogens with zero attached hydrogens (tertiary/aromatic N) is 2. The van der Waals surface area contributed by atoms with Crippen LogP contribution in [0.15, 0.2) is 31.0 Å². The number of carbonyl (C=O) groups excluding carboxylic acids is 1. The zero-order valence-electron chi connectivity index (χ0n) is 11.3. The first-order valence-electron chi connectivity index (χ1n) is 6.91. The highest BCUT2D eigenvalue weighted by atomic mass is 16.2. The number of amides is 1. The van der Waals surface area contributed by atoms with E-state index in [1.54, 1.807) is 18.3 Å². The van der Waals surface area contributed by atoms with Gasteiger partial charge in [0.1, 0.15) is 5.69 Å². The second-order valence-corrected chi connectivity index (χ2v) is 4.81. The van der Waals surface area contributed by atoms with Crippen molar-refractivity contribution in [2.45, 2.75) is 25.7 Å². The molecular formula is C15H21N3O. The molecule has 0 radical (unpaired) electrons.